The fraction of sp³-hybridized carbons (Fsp3) is 0.500. The summed E-state index contributed by atoms with van der Waals surface area (Å²) in [4.78, 5) is 4.60. The van der Waals surface area contributed by atoms with E-state index in [4.69, 9.17) is 4.74 Å². The number of nitrogens with zero attached hydrogens (tertiary/aromatic N) is 2. The minimum Gasteiger partial charge on any atom is -0.367 e. The van der Waals surface area contributed by atoms with Gasteiger partial charge in [-0.25, -0.2) is 0 Å². The highest BCUT2D eigenvalue weighted by molar-refractivity contribution is 7.09. The van der Waals surface area contributed by atoms with Gasteiger partial charge in [0.2, 0.25) is 5.13 Å². The van der Waals surface area contributed by atoms with Crippen LogP contribution in [0.1, 0.15) is 34.1 Å². The normalized spacial score (nSPS) is 23.1. The lowest BCUT2D eigenvalue weighted by Gasteiger charge is -2.27. The SMILES string of the molecule is CC1(C)CC(Nc2nc(-c3ccccc3)ns2)C(C)(C)O1. The van der Waals surface area contributed by atoms with Gasteiger partial charge >= 0.3 is 0 Å². The molecule has 1 unspecified atom stereocenters. The molecule has 4 nitrogen and oxygen atoms in total. The third-order valence-electron chi connectivity index (χ3n) is 3.83. The molecule has 1 aromatic heterocycles. The lowest BCUT2D eigenvalue weighted by atomic mass is 9.95. The summed E-state index contributed by atoms with van der Waals surface area (Å²) in [5, 5.41) is 4.35. The summed E-state index contributed by atoms with van der Waals surface area (Å²) in [6, 6.07) is 10.3. The van der Waals surface area contributed by atoms with Crippen molar-refractivity contribution in [1.82, 2.24) is 9.36 Å². The largest absolute Gasteiger partial charge is 0.367 e. The molecular formula is C16H21N3OS. The van der Waals surface area contributed by atoms with Crippen molar-refractivity contribution in [1.29, 1.82) is 0 Å². The highest BCUT2D eigenvalue weighted by Crippen LogP contribution is 2.39. The van der Waals surface area contributed by atoms with E-state index in [0.717, 1.165) is 22.9 Å². The molecule has 1 saturated heterocycles. The maximum atomic E-state index is 6.11. The van der Waals surface area contributed by atoms with Crippen molar-refractivity contribution in [2.75, 3.05) is 5.32 Å². The highest BCUT2D eigenvalue weighted by Gasteiger charge is 2.46. The van der Waals surface area contributed by atoms with Crippen LogP contribution >= 0.6 is 11.5 Å². The van der Waals surface area contributed by atoms with Crippen LogP contribution in [0, 0.1) is 0 Å². The van der Waals surface area contributed by atoms with Gasteiger partial charge in [0.1, 0.15) is 0 Å². The first kappa shape index (κ1) is 14.5. The molecule has 0 aliphatic carbocycles. The Morgan fingerprint density at radius 2 is 1.90 bits per heavy atom. The monoisotopic (exact) mass is 303 g/mol. The topological polar surface area (TPSA) is 47.0 Å². The first-order valence-corrected chi connectivity index (χ1v) is 7.99. The molecule has 21 heavy (non-hydrogen) atoms. The van der Waals surface area contributed by atoms with E-state index in [1.54, 1.807) is 0 Å². The molecular weight excluding hydrogens is 282 g/mol. The second-order valence-corrected chi connectivity index (χ2v) is 7.41. The molecule has 0 saturated carbocycles. The Balaban J connectivity index is 1.76. The molecule has 1 N–H and O–H groups in total. The quantitative estimate of drug-likeness (QED) is 0.932. The fourth-order valence-electron chi connectivity index (χ4n) is 2.92. The van der Waals surface area contributed by atoms with E-state index in [9.17, 15) is 0 Å². The number of aromatic nitrogens is 2. The minimum absolute atomic E-state index is 0.103. The predicted molar refractivity (Wildman–Crippen MR) is 86.6 cm³/mol. The summed E-state index contributed by atoms with van der Waals surface area (Å²) in [6.45, 7) is 8.51. The van der Waals surface area contributed by atoms with Crippen LogP contribution in [0.4, 0.5) is 5.13 Å². The van der Waals surface area contributed by atoms with Crippen molar-refractivity contribution in [2.45, 2.75) is 51.4 Å². The number of nitrogens with one attached hydrogen (secondary N) is 1. The molecule has 2 aromatic rings. The summed E-state index contributed by atoms with van der Waals surface area (Å²) in [6.07, 6.45) is 0.959. The maximum absolute atomic E-state index is 6.11. The molecule has 3 rings (SSSR count). The summed E-state index contributed by atoms with van der Waals surface area (Å²) in [7, 11) is 0. The van der Waals surface area contributed by atoms with E-state index in [0.29, 0.717) is 0 Å². The Kier molecular flexibility index (Phi) is 3.50. The number of rotatable bonds is 3. The number of hydrogen-bond acceptors (Lipinski definition) is 5. The Labute approximate surface area is 129 Å². The zero-order chi connectivity index (χ0) is 15.1. The molecule has 1 atom stereocenters. The highest BCUT2D eigenvalue weighted by atomic mass is 32.1. The van der Waals surface area contributed by atoms with Crippen LogP contribution in [0.15, 0.2) is 30.3 Å². The Bertz CT molecular complexity index is 621. The predicted octanol–water partition coefficient (Wildman–Crippen LogP) is 3.96. The molecule has 0 bridgehead atoms. The van der Waals surface area contributed by atoms with Gasteiger partial charge < -0.3 is 10.1 Å². The molecule has 1 aliphatic rings. The minimum atomic E-state index is -0.206. The molecule has 5 heteroatoms. The molecule has 2 heterocycles. The van der Waals surface area contributed by atoms with Crippen molar-refractivity contribution in [2.24, 2.45) is 0 Å². The number of anilines is 1. The second kappa shape index (κ2) is 5.07. The average Bonchev–Trinajstić information content (AvgIpc) is 2.93. The van der Waals surface area contributed by atoms with Crippen molar-refractivity contribution in [3.8, 4) is 11.4 Å². The van der Waals surface area contributed by atoms with E-state index in [1.165, 1.54) is 11.5 Å². The zero-order valence-electron chi connectivity index (χ0n) is 12.9. The molecule has 0 spiro atoms. The average molecular weight is 303 g/mol. The fourth-order valence-corrected chi connectivity index (χ4v) is 3.56. The Morgan fingerprint density at radius 3 is 2.52 bits per heavy atom. The van der Waals surface area contributed by atoms with Gasteiger partial charge in [0.15, 0.2) is 5.82 Å². The second-order valence-electron chi connectivity index (χ2n) is 6.66. The van der Waals surface area contributed by atoms with Crippen LogP contribution < -0.4 is 5.32 Å². The van der Waals surface area contributed by atoms with E-state index in [1.807, 2.05) is 30.3 Å². The Morgan fingerprint density at radius 1 is 1.19 bits per heavy atom. The molecule has 112 valence electrons. The lowest BCUT2D eigenvalue weighted by molar-refractivity contribution is -0.0662. The Hall–Kier alpha value is -1.46. The van der Waals surface area contributed by atoms with Gasteiger partial charge in [-0.15, -0.1) is 0 Å². The van der Waals surface area contributed by atoms with Crippen LogP contribution in [0.25, 0.3) is 11.4 Å². The molecule has 1 aromatic carbocycles. The number of benzene rings is 1. The van der Waals surface area contributed by atoms with E-state index >= 15 is 0 Å². The zero-order valence-corrected chi connectivity index (χ0v) is 13.7. The van der Waals surface area contributed by atoms with Gasteiger partial charge in [-0.3, -0.25) is 0 Å². The lowest BCUT2D eigenvalue weighted by Crippen LogP contribution is -2.38. The van der Waals surface area contributed by atoms with Crippen LogP contribution in [-0.2, 0) is 4.74 Å². The number of hydrogen-bond donors (Lipinski definition) is 1. The summed E-state index contributed by atoms with van der Waals surface area (Å²) in [5.41, 5.74) is 0.736. The van der Waals surface area contributed by atoms with Crippen LogP contribution in [0.3, 0.4) is 0 Å². The summed E-state index contributed by atoms with van der Waals surface area (Å²) < 4.78 is 10.5. The van der Waals surface area contributed by atoms with Crippen LogP contribution in [0.2, 0.25) is 0 Å². The van der Waals surface area contributed by atoms with Crippen molar-refractivity contribution >= 4 is 16.7 Å². The van der Waals surface area contributed by atoms with Gasteiger partial charge in [0.05, 0.1) is 17.2 Å². The third kappa shape index (κ3) is 3.09. The first-order valence-electron chi connectivity index (χ1n) is 7.22. The third-order valence-corrected chi connectivity index (χ3v) is 4.48. The van der Waals surface area contributed by atoms with Crippen molar-refractivity contribution < 1.29 is 4.74 Å². The van der Waals surface area contributed by atoms with Gasteiger partial charge in [-0.05, 0) is 34.1 Å². The maximum Gasteiger partial charge on any atom is 0.203 e. The summed E-state index contributed by atoms with van der Waals surface area (Å²) >= 11 is 1.40. The van der Waals surface area contributed by atoms with E-state index < -0.39 is 0 Å². The molecule has 1 fully saturated rings. The van der Waals surface area contributed by atoms with Gasteiger partial charge in [0, 0.05) is 17.1 Å². The van der Waals surface area contributed by atoms with Crippen LogP contribution in [-0.4, -0.2) is 26.6 Å². The van der Waals surface area contributed by atoms with E-state index in [2.05, 4.69) is 42.4 Å². The molecule has 0 amide bonds. The standard InChI is InChI=1S/C16H21N3OS/c1-15(2)10-12(16(3,4)20-15)17-14-18-13(19-21-14)11-8-6-5-7-9-11/h5-9,12H,10H2,1-4H3,(H,17,18,19). The van der Waals surface area contributed by atoms with Crippen molar-refractivity contribution in [3.63, 3.8) is 0 Å². The first-order chi connectivity index (χ1) is 9.86. The van der Waals surface area contributed by atoms with Crippen molar-refractivity contribution in [3.05, 3.63) is 30.3 Å². The van der Waals surface area contributed by atoms with Gasteiger partial charge in [-0.2, -0.15) is 9.36 Å². The van der Waals surface area contributed by atoms with Gasteiger partial charge in [0.25, 0.3) is 0 Å². The van der Waals surface area contributed by atoms with E-state index in [-0.39, 0.29) is 17.2 Å². The van der Waals surface area contributed by atoms with Crippen LogP contribution in [0.5, 0.6) is 0 Å². The smallest absolute Gasteiger partial charge is 0.203 e. The number of ether oxygens (including phenoxy) is 1. The molecule has 1 aliphatic heterocycles. The summed E-state index contributed by atoms with van der Waals surface area (Å²) in [5.74, 6) is 0.777. The molecule has 0 radical (unpaired) electrons. The van der Waals surface area contributed by atoms with Gasteiger partial charge in [-0.1, -0.05) is 30.3 Å².